The predicted molar refractivity (Wildman–Crippen MR) is 122 cm³/mol. The van der Waals surface area contributed by atoms with E-state index >= 15 is 0 Å². The van der Waals surface area contributed by atoms with Gasteiger partial charge in [-0.05, 0) is 74.7 Å². The predicted octanol–water partition coefficient (Wildman–Crippen LogP) is 5.39. The van der Waals surface area contributed by atoms with E-state index in [0.717, 1.165) is 11.3 Å². The zero-order chi connectivity index (χ0) is 23.7. The van der Waals surface area contributed by atoms with Gasteiger partial charge in [-0.1, -0.05) is 11.3 Å². The van der Waals surface area contributed by atoms with Crippen LogP contribution >= 0.6 is 27.3 Å². The summed E-state index contributed by atoms with van der Waals surface area (Å²) in [5.41, 5.74) is -2.09. The van der Waals surface area contributed by atoms with Crippen LogP contribution in [0.15, 0.2) is 25.6 Å². The Balaban J connectivity index is 2.64. The van der Waals surface area contributed by atoms with Crippen molar-refractivity contribution in [2.75, 3.05) is 6.26 Å². The topological polar surface area (TPSA) is 111 Å². The van der Waals surface area contributed by atoms with Crippen molar-refractivity contribution in [3.8, 4) is 11.5 Å². The highest BCUT2D eigenvalue weighted by atomic mass is 79.9. The third-order valence-electron chi connectivity index (χ3n) is 3.30. The fourth-order valence-electron chi connectivity index (χ4n) is 2.22. The maximum atomic E-state index is 12.6. The molecule has 31 heavy (non-hydrogen) atoms. The minimum atomic E-state index is -1.40. The molecule has 170 valence electrons. The quantitative estimate of drug-likeness (QED) is 0.292. The van der Waals surface area contributed by atoms with Crippen molar-refractivity contribution in [2.45, 2.75) is 57.0 Å². The molecule has 1 unspecified atom stereocenters. The molecule has 0 amide bonds. The number of hydrogen-bond donors (Lipinski definition) is 0. The number of carbonyl (C=O) groups excluding carboxylic acids is 2. The summed E-state index contributed by atoms with van der Waals surface area (Å²) >= 11 is 2.99. The van der Waals surface area contributed by atoms with E-state index in [0.29, 0.717) is 8.91 Å². The normalized spacial score (nSPS) is 12.9. The molecule has 0 N–H and O–H groups in total. The van der Waals surface area contributed by atoms with Crippen LogP contribution in [-0.4, -0.2) is 34.3 Å². The van der Waals surface area contributed by atoms with Crippen LogP contribution < -0.4 is 14.9 Å². The van der Waals surface area contributed by atoms with Crippen molar-refractivity contribution >= 4 is 60.8 Å². The number of benzene rings is 1. The maximum absolute atomic E-state index is 12.6. The van der Waals surface area contributed by atoms with Crippen LogP contribution in [0.4, 0.5) is 9.59 Å². The van der Waals surface area contributed by atoms with Crippen molar-refractivity contribution < 1.29 is 33.1 Å². The summed E-state index contributed by atoms with van der Waals surface area (Å²) in [6.45, 7) is 9.97. The average Bonchev–Trinajstić information content (AvgIpc) is 2.55. The Bertz CT molecular complexity index is 1060. The minimum Gasteiger partial charge on any atom is -0.611 e. The molecule has 1 aromatic carbocycles. The first kappa shape index (κ1) is 25.4. The summed E-state index contributed by atoms with van der Waals surface area (Å²) in [5.74, 6) is -0.392. The Kier molecular flexibility index (Phi) is 7.68. The number of rotatable bonds is 3. The van der Waals surface area contributed by atoms with E-state index in [1.807, 2.05) is 0 Å². The Labute approximate surface area is 195 Å². The van der Waals surface area contributed by atoms with Gasteiger partial charge in [-0.3, -0.25) is 4.79 Å². The first-order valence-electron chi connectivity index (χ1n) is 9.03. The molecule has 1 atom stereocenters. The highest BCUT2D eigenvalue weighted by Gasteiger charge is 2.27. The van der Waals surface area contributed by atoms with E-state index in [1.54, 1.807) is 41.5 Å². The van der Waals surface area contributed by atoms with Crippen LogP contribution in [-0.2, 0) is 20.6 Å². The molecule has 11 heteroatoms. The van der Waals surface area contributed by atoms with Gasteiger partial charge in [0.1, 0.15) is 17.5 Å². The third-order valence-corrected chi connectivity index (χ3v) is 6.91. The molecule has 2 aromatic rings. The number of hydrogen-bond acceptors (Lipinski definition) is 9. The van der Waals surface area contributed by atoms with Gasteiger partial charge in [0.05, 0.1) is 15.2 Å². The molecule has 1 aromatic heterocycles. The van der Waals surface area contributed by atoms with E-state index in [-0.39, 0.29) is 21.4 Å². The molecule has 0 aliphatic heterocycles. The number of ether oxygens (including phenoxy) is 4. The van der Waals surface area contributed by atoms with Crippen molar-refractivity contribution in [1.29, 1.82) is 0 Å². The highest BCUT2D eigenvalue weighted by Crippen LogP contribution is 2.43. The molecule has 8 nitrogen and oxygen atoms in total. The summed E-state index contributed by atoms with van der Waals surface area (Å²) in [5, 5.41) is 0.182. The lowest BCUT2D eigenvalue weighted by molar-refractivity contribution is 0.0137. The summed E-state index contributed by atoms with van der Waals surface area (Å²) in [6, 6.07) is 2.52. The number of fused-ring (bicyclic) bond motifs is 1. The molecule has 0 spiro atoms. The molecule has 1 heterocycles. The van der Waals surface area contributed by atoms with Crippen LogP contribution in [0.1, 0.15) is 41.5 Å². The Morgan fingerprint density at radius 2 is 1.52 bits per heavy atom. The van der Waals surface area contributed by atoms with E-state index in [2.05, 4.69) is 15.9 Å². The van der Waals surface area contributed by atoms with Gasteiger partial charge in [-0.15, -0.1) is 0 Å². The first-order chi connectivity index (χ1) is 14.1. The molecule has 0 saturated carbocycles. The SMILES string of the molecule is C[S+]([O-])c1cc(=O)c2cc(OC(=O)OC(C)(C)C)c(OC(=O)OC(C)(C)C)c(Br)c2s1. The van der Waals surface area contributed by atoms with Crippen molar-refractivity contribution in [3.05, 3.63) is 26.8 Å². The van der Waals surface area contributed by atoms with Gasteiger partial charge in [-0.25, -0.2) is 9.59 Å². The lowest BCUT2D eigenvalue weighted by Gasteiger charge is -2.21. The Hall–Kier alpha value is -1.82. The fraction of sp³-hybridized carbons (Fsp3) is 0.450. The van der Waals surface area contributed by atoms with Crippen LogP contribution in [0.5, 0.6) is 11.5 Å². The van der Waals surface area contributed by atoms with Crippen LogP contribution in [0.25, 0.3) is 10.1 Å². The second kappa shape index (κ2) is 9.35. The average molecular weight is 535 g/mol. The fourth-order valence-corrected chi connectivity index (χ4v) is 4.76. The second-order valence-corrected chi connectivity index (χ2v) is 11.9. The molecule has 0 aliphatic rings. The molecular weight excluding hydrogens is 512 g/mol. The van der Waals surface area contributed by atoms with Gasteiger partial charge in [0, 0.05) is 5.39 Å². The molecular formula is C20H23BrO8S2. The van der Waals surface area contributed by atoms with Gasteiger partial charge in [-0.2, -0.15) is 0 Å². The Morgan fingerprint density at radius 3 is 2.00 bits per heavy atom. The van der Waals surface area contributed by atoms with Gasteiger partial charge >= 0.3 is 12.3 Å². The first-order valence-corrected chi connectivity index (χ1v) is 12.2. The second-order valence-electron chi connectivity index (χ2n) is 8.41. The van der Waals surface area contributed by atoms with Gasteiger partial charge < -0.3 is 23.5 Å². The largest absolute Gasteiger partial charge is 0.611 e. The van der Waals surface area contributed by atoms with Crippen molar-refractivity contribution in [3.63, 3.8) is 0 Å². The summed E-state index contributed by atoms with van der Waals surface area (Å²) in [4.78, 5) is 37.1. The zero-order valence-electron chi connectivity index (χ0n) is 18.1. The van der Waals surface area contributed by atoms with Crippen molar-refractivity contribution in [2.24, 2.45) is 0 Å². The maximum Gasteiger partial charge on any atom is 0.514 e. The molecule has 0 bridgehead atoms. The van der Waals surface area contributed by atoms with Crippen LogP contribution in [0.3, 0.4) is 0 Å². The van der Waals surface area contributed by atoms with Crippen molar-refractivity contribution in [1.82, 2.24) is 0 Å². The summed E-state index contributed by atoms with van der Waals surface area (Å²) in [7, 11) is 0. The summed E-state index contributed by atoms with van der Waals surface area (Å²) in [6.07, 6.45) is -0.636. The standard InChI is InChI=1S/C20H23BrO8S2/c1-19(2,3)28-17(23)26-12-8-10-11(22)9-13(31(7)25)30-16(10)14(21)15(12)27-18(24)29-20(4,5)6/h8-9H,1-7H3. The molecule has 2 rings (SSSR count). The zero-order valence-corrected chi connectivity index (χ0v) is 21.3. The lowest BCUT2D eigenvalue weighted by Crippen LogP contribution is -2.27. The van der Waals surface area contributed by atoms with E-state index < -0.39 is 40.1 Å². The Morgan fingerprint density at radius 1 is 1.00 bits per heavy atom. The van der Waals surface area contributed by atoms with E-state index in [4.69, 9.17) is 18.9 Å². The van der Waals surface area contributed by atoms with E-state index in [1.165, 1.54) is 18.4 Å². The smallest absolute Gasteiger partial charge is 0.514 e. The number of halogens is 1. The summed E-state index contributed by atoms with van der Waals surface area (Å²) < 4.78 is 33.7. The molecule has 0 saturated heterocycles. The van der Waals surface area contributed by atoms with Crippen LogP contribution in [0.2, 0.25) is 0 Å². The number of carbonyl (C=O) groups is 2. The monoisotopic (exact) mass is 534 g/mol. The molecule has 0 fully saturated rings. The van der Waals surface area contributed by atoms with Gasteiger partial charge in [0.2, 0.25) is 4.21 Å². The van der Waals surface area contributed by atoms with Gasteiger partial charge in [0.15, 0.2) is 16.9 Å². The third kappa shape index (κ3) is 7.09. The van der Waals surface area contributed by atoms with Gasteiger partial charge in [0.25, 0.3) is 0 Å². The van der Waals surface area contributed by atoms with E-state index in [9.17, 15) is 18.9 Å². The molecule has 0 radical (unpaired) electrons. The lowest BCUT2D eigenvalue weighted by atomic mass is 10.2. The van der Waals surface area contributed by atoms with Crippen LogP contribution in [0, 0.1) is 0 Å². The highest BCUT2D eigenvalue weighted by molar-refractivity contribution is 9.10. The molecule has 0 aliphatic carbocycles. The minimum absolute atomic E-state index is 0.170.